The van der Waals surface area contributed by atoms with Crippen molar-refractivity contribution in [1.29, 1.82) is 5.26 Å². The minimum atomic E-state index is -0.217. The number of rotatable bonds is 4. The van der Waals surface area contributed by atoms with Gasteiger partial charge in [-0.1, -0.05) is 32.1 Å². The minimum Gasteiger partial charge on any atom is -0.305 e. The van der Waals surface area contributed by atoms with E-state index < -0.39 is 0 Å². The van der Waals surface area contributed by atoms with E-state index in [4.69, 9.17) is 5.26 Å². The minimum absolute atomic E-state index is 0.217. The molecule has 1 amide bonds. The van der Waals surface area contributed by atoms with E-state index in [2.05, 4.69) is 15.5 Å². The van der Waals surface area contributed by atoms with E-state index in [1.165, 1.54) is 32.1 Å². The third kappa shape index (κ3) is 3.98. The highest BCUT2D eigenvalue weighted by molar-refractivity contribution is 6.03. The van der Waals surface area contributed by atoms with Crippen LogP contribution in [0, 0.1) is 17.2 Å². The number of nitrogens with one attached hydrogen (secondary N) is 2. The summed E-state index contributed by atoms with van der Waals surface area (Å²) >= 11 is 0. The van der Waals surface area contributed by atoms with Crippen molar-refractivity contribution < 1.29 is 4.79 Å². The van der Waals surface area contributed by atoms with E-state index in [-0.39, 0.29) is 5.91 Å². The summed E-state index contributed by atoms with van der Waals surface area (Å²) in [7, 11) is 0. The Hall–Kier alpha value is -2.61. The summed E-state index contributed by atoms with van der Waals surface area (Å²) in [4.78, 5) is 12.2. The van der Waals surface area contributed by atoms with Crippen LogP contribution < -0.4 is 5.32 Å². The predicted octanol–water partition coefficient (Wildman–Crippen LogP) is 3.66. The first-order chi connectivity index (χ1) is 11.2. The number of benzene rings is 1. The number of amides is 1. The van der Waals surface area contributed by atoms with Gasteiger partial charge in [-0.15, -0.1) is 0 Å². The highest BCUT2D eigenvalue weighted by atomic mass is 16.1. The topological polar surface area (TPSA) is 81.6 Å². The summed E-state index contributed by atoms with van der Waals surface area (Å²) in [6.45, 7) is 0. The summed E-state index contributed by atoms with van der Waals surface area (Å²) in [6.07, 6.45) is 7.56. The van der Waals surface area contributed by atoms with Crippen LogP contribution in [-0.2, 0) is 6.42 Å². The van der Waals surface area contributed by atoms with Crippen molar-refractivity contribution in [2.75, 3.05) is 5.32 Å². The molecule has 5 heteroatoms. The average Bonchev–Trinajstić information content (AvgIpc) is 3.02. The number of H-pyrrole nitrogens is 1. The Balaban J connectivity index is 1.59. The molecule has 5 nitrogen and oxygen atoms in total. The van der Waals surface area contributed by atoms with Gasteiger partial charge in [0.2, 0.25) is 0 Å². The van der Waals surface area contributed by atoms with E-state index in [1.54, 1.807) is 24.3 Å². The number of nitrogens with zero attached hydrogens (tertiary/aromatic N) is 2. The monoisotopic (exact) mass is 308 g/mol. The van der Waals surface area contributed by atoms with Crippen molar-refractivity contribution in [2.45, 2.75) is 38.5 Å². The van der Waals surface area contributed by atoms with Crippen molar-refractivity contribution in [3.05, 3.63) is 47.2 Å². The van der Waals surface area contributed by atoms with Crippen LogP contribution in [0.15, 0.2) is 30.3 Å². The largest absolute Gasteiger partial charge is 0.305 e. The van der Waals surface area contributed by atoms with Crippen molar-refractivity contribution in [2.24, 2.45) is 5.92 Å². The average molecular weight is 308 g/mol. The van der Waals surface area contributed by atoms with Gasteiger partial charge in [0.05, 0.1) is 11.6 Å². The number of hydrogen-bond donors (Lipinski definition) is 2. The Kier molecular flexibility index (Phi) is 4.72. The van der Waals surface area contributed by atoms with E-state index in [9.17, 15) is 4.79 Å². The second-order valence-electron chi connectivity index (χ2n) is 6.13. The molecule has 118 valence electrons. The maximum absolute atomic E-state index is 12.2. The molecule has 1 fully saturated rings. The maximum Gasteiger partial charge on any atom is 0.256 e. The lowest BCUT2D eigenvalue weighted by Gasteiger charge is -2.20. The van der Waals surface area contributed by atoms with Crippen LogP contribution in [0.5, 0.6) is 0 Å². The molecule has 1 aliphatic carbocycles. The molecule has 0 aliphatic heterocycles. The van der Waals surface area contributed by atoms with Gasteiger partial charge in [-0.25, -0.2) is 0 Å². The maximum atomic E-state index is 12.2. The number of carbonyl (C=O) groups is 1. The number of carbonyl (C=O) groups excluding carboxylic acids is 1. The van der Waals surface area contributed by atoms with Crippen LogP contribution in [-0.4, -0.2) is 16.1 Å². The lowest BCUT2D eigenvalue weighted by atomic mass is 9.86. The first-order valence-electron chi connectivity index (χ1n) is 8.10. The Morgan fingerprint density at radius 2 is 2.00 bits per heavy atom. The van der Waals surface area contributed by atoms with Gasteiger partial charge in [-0.3, -0.25) is 9.89 Å². The molecule has 3 rings (SSSR count). The molecule has 1 aromatic heterocycles. The number of aromatic nitrogens is 2. The fourth-order valence-electron chi connectivity index (χ4n) is 3.12. The van der Waals surface area contributed by atoms with Crippen LogP contribution in [0.3, 0.4) is 0 Å². The third-order valence-electron chi connectivity index (χ3n) is 4.38. The van der Waals surface area contributed by atoms with Crippen molar-refractivity contribution in [3.63, 3.8) is 0 Å². The highest BCUT2D eigenvalue weighted by Gasteiger charge is 2.15. The van der Waals surface area contributed by atoms with Crippen LogP contribution in [0.2, 0.25) is 0 Å². The second kappa shape index (κ2) is 7.10. The van der Waals surface area contributed by atoms with E-state index in [0.29, 0.717) is 16.9 Å². The Labute approximate surface area is 135 Å². The summed E-state index contributed by atoms with van der Waals surface area (Å²) in [6, 6.07) is 10.5. The zero-order chi connectivity index (χ0) is 16.1. The molecular weight excluding hydrogens is 288 g/mol. The molecule has 0 radical (unpaired) electrons. The molecule has 1 aromatic carbocycles. The highest BCUT2D eigenvalue weighted by Crippen LogP contribution is 2.26. The van der Waals surface area contributed by atoms with Crippen LogP contribution in [0.1, 0.15) is 53.7 Å². The van der Waals surface area contributed by atoms with Gasteiger partial charge in [0.15, 0.2) is 5.82 Å². The number of anilines is 1. The third-order valence-corrected chi connectivity index (χ3v) is 4.38. The number of nitriles is 1. The van der Waals surface area contributed by atoms with Gasteiger partial charge in [0.1, 0.15) is 0 Å². The molecule has 1 saturated carbocycles. The quantitative estimate of drug-likeness (QED) is 0.904. The zero-order valence-electron chi connectivity index (χ0n) is 13.0. The van der Waals surface area contributed by atoms with Gasteiger partial charge < -0.3 is 5.32 Å². The van der Waals surface area contributed by atoms with E-state index in [0.717, 1.165) is 18.0 Å². The molecule has 0 saturated heterocycles. The molecule has 0 unspecified atom stereocenters. The van der Waals surface area contributed by atoms with Crippen molar-refractivity contribution in [3.8, 4) is 6.07 Å². The normalized spacial score (nSPS) is 15.1. The molecule has 0 bridgehead atoms. The molecule has 1 aliphatic rings. The molecule has 2 N–H and O–H groups in total. The Bertz CT molecular complexity index is 705. The van der Waals surface area contributed by atoms with E-state index in [1.807, 2.05) is 12.1 Å². The molecule has 23 heavy (non-hydrogen) atoms. The summed E-state index contributed by atoms with van der Waals surface area (Å²) in [5.74, 6) is 1.06. The van der Waals surface area contributed by atoms with Crippen molar-refractivity contribution >= 4 is 11.7 Å². The first kappa shape index (κ1) is 15.3. The summed E-state index contributed by atoms with van der Waals surface area (Å²) in [5, 5.41) is 18.8. The van der Waals surface area contributed by atoms with Gasteiger partial charge in [-0.2, -0.15) is 10.4 Å². The Morgan fingerprint density at radius 1 is 1.26 bits per heavy atom. The summed E-state index contributed by atoms with van der Waals surface area (Å²) in [5.41, 5.74) is 2.13. The lowest BCUT2D eigenvalue weighted by molar-refractivity contribution is 0.102. The predicted molar refractivity (Wildman–Crippen MR) is 88.0 cm³/mol. The summed E-state index contributed by atoms with van der Waals surface area (Å²) < 4.78 is 0. The van der Waals surface area contributed by atoms with Gasteiger partial charge in [0.25, 0.3) is 5.91 Å². The number of hydrogen-bond acceptors (Lipinski definition) is 3. The lowest BCUT2D eigenvalue weighted by Crippen LogP contribution is -2.12. The van der Waals surface area contributed by atoms with Crippen LogP contribution in [0.25, 0.3) is 0 Å². The van der Waals surface area contributed by atoms with Gasteiger partial charge in [0, 0.05) is 17.3 Å². The fraction of sp³-hybridized carbons (Fsp3) is 0.389. The molecule has 1 heterocycles. The van der Waals surface area contributed by atoms with Gasteiger partial charge >= 0.3 is 0 Å². The SMILES string of the molecule is N#Cc1ccc(C(=O)Nc2cc(CC3CCCCC3)[nH]n2)cc1. The Morgan fingerprint density at radius 3 is 2.70 bits per heavy atom. The first-order valence-corrected chi connectivity index (χ1v) is 8.10. The standard InChI is InChI=1S/C18H20N4O/c19-12-14-6-8-15(9-7-14)18(23)20-17-11-16(21-22-17)10-13-4-2-1-3-5-13/h6-9,11,13H,1-5,10H2,(H2,20,21,22,23). The smallest absolute Gasteiger partial charge is 0.256 e. The fourth-order valence-corrected chi connectivity index (χ4v) is 3.12. The van der Waals surface area contributed by atoms with Crippen molar-refractivity contribution in [1.82, 2.24) is 10.2 Å². The number of aromatic amines is 1. The molecule has 0 atom stereocenters. The molecular formula is C18H20N4O. The van der Waals surface area contributed by atoms with Crippen LogP contribution >= 0.6 is 0 Å². The molecule has 0 spiro atoms. The van der Waals surface area contributed by atoms with Crippen LogP contribution in [0.4, 0.5) is 5.82 Å². The van der Waals surface area contributed by atoms with E-state index >= 15 is 0 Å². The molecule has 2 aromatic rings. The second-order valence-corrected chi connectivity index (χ2v) is 6.13. The zero-order valence-corrected chi connectivity index (χ0v) is 13.0. The van der Waals surface area contributed by atoms with Gasteiger partial charge in [-0.05, 0) is 36.6 Å².